The molecule has 28 heavy (non-hydrogen) atoms. The van der Waals surface area contributed by atoms with E-state index >= 15 is 0 Å². The Balaban J connectivity index is 1.60. The third-order valence-electron chi connectivity index (χ3n) is 5.99. The molecule has 2 fully saturated rings. The first kappa shape index (κ1) is 18.9. The largest absolute Gasteiger partial charge is 0.351 e. The third-order valence-corrected chi connectivity index (χ3v) is 5.99. The molecule has 2 aromatic rings. The molecule has 4 rings (SSSR count). The van der Waals surface area contributed by atoms with Gasteiger partial charge in [0.25, 0.3) is 5.56 Å². The van der Waals surface area contributed by atoms with Crippen LogP contribution in [0.2, 0.25) is 0 Å². The number of rotatable bonds is 3. The summed E-state index contributed by atoms with van der Waals surface area (Å²) < 4.78 is 1.68. The van der Waals surface area contributed by atoms with Gasteiger partial charge in [-0.2, -0.15) is 0 Å². The molecule has 1 unspecified atom stereocenters. The first-order valence-corrected chi connectivity index (χ1v) is 10.6. The molecule has 2 aliphatic heterocycles. The summed E-state index contributed by atoms with van der Waals surface area (Å²) >= 11 is 0. The standard InChI is InChI=1S/C21H29N5O2/c1-2-26-18-17(10-7-11-22-18)23-19(21(26)28)25-14-8-9-16(15-25)20(27)24-12-5-3-4-6-13-24/h7,10-11,16H,2-6,8-9,12-15H2,1H3. The van der Waals surface area contributed by atoms with Crippen molar-refractivity contribution in [1.29, 1.82) is 0 Å². The molecule has 0 aromatic carbocycles. The molecular formula is C21H29N5O2. The van der Waals surface area contributed by atoms with Crippen LogP contribution >= 0.6 is 0 Å². The van der Waals surface area contributed by atoms with E-state index in [0.717, 1.165) is 50.8 Å². The molecule has 2 aliphatic rings. The monoisotopic (exact) mass is 383 g/mol. The number of hydrogen-bond acceptors (Lipinski definition) is 5. The van der Waals surface area contributed by atoms with Crippen molar-refractivity contribution in [2.75, 3.05) is 31.1 Å². The second-order valence-corrected chi connectivity index (χ2v) is 7.86. The topological polar surface area (TPSA) is 71.3 Å². The zero-order valence-corrected chi connectivity index (χ0v) is 16.6. The number of carbonyl (C=O) groups is 1. The third kappa shape index (κ3) is 3.62. The van der Waals surface area contributed by atoms with Gasteiger partial charge in [0.1, 0.15) is 5.52 Å². The lowest BCUT2D eigenvalue weighted by molar-refractivity contribution is -0.135. The molecule has 4 heterocycles. The summed E-state index contributed by atoms with van der Waals surface area (Å²) in [4.78, 5) is 39.2. The zero-order valence-electron chi connectivity index (χ0n) is 16.6. The molecule has 150 valence electrons. The SMILES string of the molecule is CCn1c(=O)c(N2CCCC(C(=O)N3CCCCCC3)C2)nc2cccnc21. The summed E-state index contributed by atoms with van der Waals surface area (Å²) in [6.07, 6.45) is 8.11. The summed E-state index contributed by atoms with van der Waals surface area (Å²) in [5, 5.41) is 0. The molecule has 2 saturated heterocycles. The van der Waals surface area contributed by atoms with Crippen LogP contribution in [0.1, 0.15) is 45.4 Å². The number of aromatic nitrogens is 3. The van der Waals surface area contributed by atoms with Crippen molar-refractivity contribution in [3.63, 3.8) is 0 Å². The quantitative estimate of drug-likeness (QED) is 0.814. The fraction of sp³-hybridized carbons (Fsp3) is 0.619. The van der Waals surface area contributed by atoms with E-state index in [4.69, 9.17) is 0 Å². The van der Waals surface area contributed by atoms with E-state index in [1.807, 2.05) is 28.9 Å². The van der Waals surface area contributed by atoms with Crippen molar-refractivity contribution in [1.82, 2.24) is 19.4 Å². The Labute approximate surface area is 165 Å². The predicted molar refractivity (Wildman–Crippen MR) is 109 cm³/mol. The molecule has 2 aromatic heterocycles. The van der Waals surface area contributed by atoms with Crippen LogP contribution in [0.4, 0.5) is 5.82 Å². The minimum absolute atomic E-state index is 0.0484. The number of amides is 1. The smallest absolute Gasteiger partial charge is 0.295 e. The maximum atomic E-state index is 13.1. The second-order valence-electron chi connectivity index (χ2n) is 7.86. The van der Waals surface area contributed by atoms with Gasteiger partial charge in [-0.15, -0.1) is 0 Å². The number of carbonyl (C=O) groups excluding carboxylic acids is 1. The first-order valence-electron chi connectivity index (χ1n) is 10.6. The van der Waals surface area contributed by atoms with Crippen molar-refractivity contribution in [2.24, 2.45) is 5.92 Å². The van der Waals surface area contributed by atoms with Gasteiger partial charge in [-0.1, -0.05) is 12.8 Å². The van der Waals surface area contributed by atoms with Gasteiger partial charge in [-0.05, 0) is 44.7 Å². The zero-order chi connectivity index (χ0) is 19.5. The molecule has 0 aliphatic carbocycles. The predicted octanol–water partition coefficient (Wildman–Crippen LogP) is 2.43. The van der Waals surface area contributed by atoms with Gasteiger partial charge in [-0.3, -0.25) is 14.2 Å². The van der Waals surface area contributed by atoms with Gasteiger partial charge in [0, 0.05) is 38.9 Å². The van der Waals surface area contributed by atoms with Crippen LogP contribution < -0.4 is 10.5 Å². The lowest BCUT2D eigenvalue weighted by Crippen LogP contribution is -2.47. The second kappa shape index (κ2) is 8.29. The molecule has 1 amide bonds. The number of hydrogen-bond donors (Lipinski definition) is 0. The maximum absolute atomic E-state index is 13.1. The Kier molecular flexibility index (Phi) is 5.59. The van der Waals surface area contributed by atoms with Crippen LogP contribution in [-0.2, 0) is 11.3 Å². The van der Waals surface area contributed by atoms with Crippen molar-refractivity contribution < 1.29 is 4.79 Å². The van der Waals surface area contributed by atoms with E-state index in [9.17, 15) is 9.59 Å². The fourth-order valence-electron chi connectivity index (χ4n) is 4.48. The highest BCUT2D eigenvalue weighted by molar-refractivity contribution is 5.80. The van der Waals surface area contributed by atoms with E-state index < -0.39 is 0 Å². The van der Waals surface area contributed by atoms with E-state index in [-0.39, 0.29) is 17.4 Å². The van der Waals surface area contributed by atoms with Crippen LogP contribution in [-0.4, -0.2) is 51.5 Å². The van der Waals surface area contributed by atoms with E-state index in [2.05, 4.69) is 9.97 Å². The maximum Gasteiger partial charge on any atom is 0.295 e. The molecule has 7 nitrogen and oxygen atoms in total. The molecular weight excluding hydrogens is 354 g/mol. The highest BCUT2D eigenvalue weighted by atomic mass is 16.2. The lowest BCUT2D eigenvalue weighted by Gasteiger charge is -2.35. The number of pyridine rings is 1. The summed E-state index contributed by atoms with van der Waals surface area (Å²) in [5.74, 6) is 0.660. The van der Waals surface area contributed by atoms with Crippen LogP contribution in [0.5, 0.6) is 0 Å². The minimum atomic E-state index is -0.114. The summed E-state index contributed by atoms with van der Waals surface area (Å²) in [6.45, 7) is 5.58. The van der Waals surface area contributed by atoms with Gasteiger partial charge in [0.15, 0.2) is 11.5 Å². The molecule has 0 spiro atoms. The Morgan fingerprint density at radius 2 is 1.93 bits per heavy atom. The van der Waals surface area contributed by atoms with Crippen LogP contribution in [0.25, 0.3) is 11.2 Å². The summed E-state index contributed by atoms with van der Waals surface area (Å²) in [7, 11) is 0. The van der Waals surface area contributed by atoms with Gasteiger partial charge in [0.2, 0.25) is 5.91 Å². The minimum Gasteiger partial charge on any atom is -0.351 e. The summed E-state index contributed by atoms with van der Waals surface area (Å²) in [5.41, 5.74) is 1.23. The number of anilines is 1. The van der Waals surface area contributed by atoms with Crippen molar-refractivity contribution in [2.45, 2.75) is 52.0 Å². The molecule has 0 N–H and O–H groups in total. The Hall–Kier alpha value is -2.44. The van der Waals surface area contributed by atoms with Gasteiger partial charge >= 0.3 is 0 Å². The van der Waals surface area contributed by atoms with Crippen LogP contribution in [0.3, 0.4) is 0 Å². The van der Waals surface area contributed by atoms with Gasteiger partial charge in [0.05, 0.1) is 5.92 Å². The number of piperidine rings is 1. The van der Waals surface area contributed by atoms with Crippen molar-refractivity contribution in [3.05, 3.63) is 28.7 Å². The van der Waals surface area contributed by atoms with Crippen LogP contribution in [0, 0.1) is 5.92 Å². The molecule has 0 bridgehead atoms. The van der Waals surface area contributed by atoms with E-state index in [0.29, 0.717) is 24.6 Å². The number of nitrogens with zero attached hydrogens (tertiary/aromatic N) is 5. The van der Waals surface area contributed by atoms with Crippen molar-refractivity contribution in [3.8, 4) is 0 Å². The van der Waals surface area contributed by atoms with Gasteiger partial charge in [-0.25, -0.2) is 9.97 Å². The van der Waals surface area contributed by atoms with E-state index in [1.54, 1.807) is 10.8 Å². The van der Waals surface area contributed by atoms with Crippen LogP contribution in [0.15, 0.2) is 23.1 Å². The number of likely N-dealkylation sites (tertiary alicyclic amines) is 1. The van der Waals surface area contributed by atoms with E-state index in [1.165, 1.54) is 12.8 Å². The normalized spacial score (nSPS) is 21.0. The van der Waals surface area contributed by atoms with Gasteiger partial charge < -0.3 is 9.80 Å². The Bertz CT molecular complexity index is 901. The molecule has 1 atom stereocenters. The Morgan fingerprint density at radius 1 is 1.14 bits per heavy atom. The molecule has 0 radical (unpaired) electrons. The molecule has 7 heteroatoms. The lowest BCUT2D eigenvalue weighted by atomic mass is 9.96. The van der Waals surface area contributed by atoms with Crippen molar-refractivity contribution >= 4 is 22.9 Å². The summed E-state index contributed by atoms with van der Waals surface area (Å²) in [6, 6.07) is 3.73. The molecule has 0 saturated carbocycles. The first-order chi connectivity index (χ1) is 13.7. The average Bonchev–Trinajstić information content (AvgIpc) is 3.02. The number of aryl methyl sites for hydroxylation is 1. The highest BCUT2D eigenvalue weighted by Crippen LogP contribution is 2.24. The fourth-order valence-corrected chi connectivity index (χ4v) is 4.48. The highest BCUT2D eigenvalue weighted by Gasteiger charge is 2.31. The average molecular weight is 383 g/mol. The Morgan fingerprint density at radius 3 is 2.68 bits per heavy atom. The number of fused-ring (bicyclic) bond motifs is 1.